The number of halogens is 1. The molecule has 1 saturated heterocycles. The third-order valence-corrected chi connectivity index (χ3v) is 6.04. The fraction of sp³-hybridized carbons (Fsp3) is 0.450. The predicted octanol–water partition coefficient (Wildman–Crippen LogP) is 3.25. The highest BCUT2D eigenvalue weighted by Crippen LogP contribution is 2.24. The zero-order valence-corrected chi connectivity index (χ0v) is 16.6. The van der Waals surface area contributed by atoms with Crippen molar-refractivity contribution >= 4 is 28.0 Å². The Morgan fingerprint density at radius 1 is 1.29 bits per heavy atom. The van der Waals surface area contributed by atoms with Gasteiger partial charge in [0, 0.05) is 36.2 Å². The zero-order chi connectivity index (χ0) is 19.5. The molecule has 0 spiro atoms. The number of Topliss-reactive ketones (excluding diaryl/α,β-unsaturated/α-hetero) is 1. The smallest absolute Gasteiger partial charge is 0.166 e. The van der Waals surface area contributed by atoms with Crippen LogP contribution >= 0.6 is 11.3 Å². The molecule has 0 amide bonds. The summed E-state index contributed by atoms with van der Waals surface area (Å²) in [6.07, 6.45) is 3.67. The topological polar surface area (TPSA) is 71.9 Å². The molecule has 1 aliphatic heterocycles. The molecule has 4 heterocycles. The van der Waals surface area contributed by atoms with Gasteiger partial charge in [0.2, 0.25) is 0 Å². The van der Waals surface area contributed by atoms with E-state index in [9.17, 15) is 9.18 Å². The molecule has 28 heavy (non-hydrogen) atoms. The first-order valence-corrected chi connectivity index (χ1v) is 10.3. The van der Waals surface area contributed by atoms with Gasteiger partial charge in [-0.3, -0.25) is 9.78 Å². The molecule has 0 saturated carbocycles. The minimum atomic E-state index is -0.328. The molecule has 146 valence electrons. The number of hydrogen-bond acceptors (Lipinski definition) is 7. The molecule has 1 fully saturated rings. The van der Waals surface area contributed by atoms with Gasteiger partial charge in [0.1, 0.15) is 23.2 Å². The quantitative estimate of drug-likeness (QED) is 0.634. The summed E-state index contributed by atoms with van der Waals surface area (Å²) in [5, 5.41) is 10.8. The number of aryl methyl sites for hydroxylation is 1. The molecule has 0 unspecified atom stereocenters. The molecule has 6 nitrogen and oxygen atoms in total. The van der Waals surface area contributed by atoms with E-state index in [1.807, 2.05) is 25.1 Å². The summed E-state index contributed by atoms with van der Waals surface area (Å²) >= 11 is 1.50. The van der Waals surface area contributed by atoms with Gasteiger partial charge < -0.3 is 4.90 Å². The summed E-state index contributed by atoms with van der Waals surface area (Å²) in [7, 11) is 0. The monoisotopic (exact) mass is 399 g/mol. The maximum Gasteiger partial charge on any atom is 0.166 e. The second-order valence-electron chi connectivity index (χ2n) is 7.14. The van der Waals surface area contributed by atoms with E-state index < -0.39 is 0 Å². The highest BCUT2D eigenvalue weighted by molar-refractivity contribution is 7.14. The van der Waals surface area contributed by atoms with Crippen LogP contribution in [-0.4, -0.2) is 57.2 Å². The number of pyridine rings is 2. The van der Waals surface area contributed by atoms with E-state index in [1.165, 1.54) is 11.3 Å². The molecule has 0 aliphatic carbocycles. The fourth-order valence-corrected chi connectivity index (χ4v) is 4.26. The van der Waals surface area contributed by atoms with Crippen molar-refractivity contribution in [3.8, 4) is 10.7 Å². The number of alkyl halides is 1. The average molecular weight is 399 g/mol. The van der Waals surface area contributed by atoms with Gasteiger partial charge in [0.05, 0.1) is 5.52 Å². The summed E-state index contributed by atoms with van der Waals surface area (Å²) in [5.74, 6) is 0.250. The third kappa shape index (κ3) is 4.23. The second-order valence-corrected chi connectivity index (χ2v) is 8.32. The maximum atomic E-state index is 12.7. The first-order chi connectivity index (χ1) is 13.6. The van der Waals surface area contributed by atoms with Crippen molar-refractivity contribution in [1.82, 2.24) is 25.1 Å². The third-order valence-electron chi connectivity index (χ3n) is 5.17. The van der Waals surface area contributed by atoms with Crippen LogP contribution in [0.5, 0.6) is 0 Å². The van der Waals surface area contributed by atoms with Crippen LogP contribution in [0.2, 0.25) is 0 Å². The molecular formula is C20H22FN5OS. The summed E-state index contributed by atoms with van der Waals surface area (Å²) in [5.41, 5.74) is 2.32. The van der Waals surface area contributed by atoms with Crippen molar-refractivity contribution in [2.45, 2.75) is 26.2 Å². The Kier molecular flexibility index (Phi) is 5.68. The number of piperidine rings is 1. The van der Waals surface area contributed by atoms with E-state index in [1.54, 1.807) is 6.20 Å². The van der Waals surface area contributed by atoms with Gasteiger partial charge in [-0.1, -0.05) is 11.3 Å². The molecule has 8 heteroatoms. The number of ketones is 1. The van der Waals surface area contributed by atoms with Crippen molar-refractivity contribution in [3.05, 3.63) is 35.1 Å². The van der Waals surface area contributed by atoms with Gasteiger partial charge in [-0.15, -0.1) is 10.2 Å². The van der Waals surface area contributed by atoms with E-state index in [2.05, 4.69) is 25.1 Å². The Hall–Kier alpha value is -2.32. The number of aromatic nitrogens is 4. The minimum Gasteiger partial charge on any atom is -0.301 e. The first-order valence-electron chi connectivity index (χ1n) is 9.49. The molecule has 0 radical (unpaired) electrons. The van der Waals surface area contributed by atoms with E-state index in [4.69, 9.17) is 0 Å². The van der Waals surface area contributed by atoms with Gasteiger partial charge >= 0.3 is 0 Å². The summed E-state index contributed by atoms with van der Waals surface area (Å²) in [6.45, 7) is 3.63. The van der Waals surface area contributed by atoms with Gasteiger partial charge in [-0.05, 0) is 51.1 Å². The molecule has 0 atom stereocenters. The molecule has 0 aromatic carbocycles. The standard InChI is InChI=1S/C20H22FN5OS/c1-13-24-25-20(28-13)17-3-2-15-12-22-16(10-18(15)23-17)11-19(27)14-4-7-26(8-5-14)9-6-21/h2-3,10,12,14H,4-9,11H2,1H3. The Bertz CT molecular complexity index is 984. The summed E-state index contributed by atoms with van der Waals surface area (Å²) in [6, 6.07) is 5.77. The molecule has 3 aromatic heterocycles. The molecule has 0 N–H and O–H groups in total. The lowest BCUT2D eigenvalue weighted by molar-refractivity contribution is -0.123. The number of carbonyl (C=O) groups is 1. The highest BCUT2D eigenvalue weighted by Gasteiger charge is 2.25. The van der Waals surface area contributed by atoms with E-state index >= 15 is 0 Å². The van der Waals surface area contributed by atoms with Crippen LogP contribution in [0, 0.1) is 12.8 Å². The number of fused-ring (bicyclic) bond motifs is 1. The number of nitrogens with zero attached hydrogens (tertiary/aromatic N) is 5. The Labute approximate surface area is 166 Å². The number of hydrogen-bond donors (Lipinski definition) is 0. The SMILES string of the molecule is Cc1nnc(-c2ccc3cnc(CC(=O)C4CCN(CCF)CC4)cc3n2)s1. The molecular weight excluding hydrogens is 377 g/mol. The largest absolute Gasteiger partial charge is 0.301 e. The molecule has 1 aliphatic rings. The van der Waals surface area contributed by atoms with Crippen molar-refractivity contribution in [2.75, 3.05) is 26.3 Å². The zero-order valence-electron chi connectivity index (χ0n) is 15.8. The number of carbonyl (C=O) groups excluding carboxylic acids is 1. The van der Waals surface area contributed by atoms with Crippen LogP contribution in [-0.2, 0) is 11.2 Å². The predicted molar refractivity (Wildman–Crippen MR) is 107 cm³/mol. The second kappa shape index (κ2) is 8.36. The van der Waals surface area contributed by atoms with Gasteiger partial charge in [0.25, 0.3) is 0 Å². The lowest BCUT2D eigenvalue weighted by Crippen LogP contribution is -2.37. The average Bonchev–Trinajstić information content (AvgIpc) is 3.14. The van der Waals surface area contributed by atoms with Crippen molar-refractivity contribution in [2.24, 2.45) is 5.92 Å². The fourth-order valence-electron chi connectivity index (χ4n) is 3.59. The van der Waals surface area contributed by atoms with E-state index in [0.717, 1.165) is 58.2 Å². The number of likely N-dealkylation sites (tertiary alicyclic amines) is 1. The summed E-state index contributed by atoms with van der Waals surface area (Å²) < 4.78 is 12.5. The normalized spacial score (nSPS) is 15.9. The van der Waals surface area contributed by atoms with Crippen LogP contribution in [0.3, 0.4) is 0 Å². The van der Waals surface area contributed by atoms with Crippen molar-refractivity contribution in [3.63, 3.8) is 0 Å². The lowest BCUT2D eigenvalue weighted by Gasteiger charge is -2.30. The van der Waals surface area contributed by atoms with Gasteiger partial charge in [-0.2, -0.15) is 0 Å². The Morgan fingerprint density at radius 3 is 2.82 bits per heavy atom. The van der Waals surface area contributed by atoms with Crippen LogP contribution in [0.15, 0.2) is 24.4 Å². The van der Waals surface area contributed by atoms with Gasteiger partial charge in [-0.25, -0.2) is 9.37 Å². The summed E-state index contributed by atoms with van der Waals surface area (Å²) in [4.78, 5) is 23.9. The van der Waals surface area contributed by atoms with Crippen LogP contribution < -0.4 is 0 Å². The van der Waals surface area contributed by atoms with Crippen LogP contribution in [0.1, 0.15) is 23.5 Å². The van der Waals surface area contributed by atoms with Crippen LogP contribution in [0.25, 0.3) is 21.6 Å². The number of rotatable bonds is 6. The minimum absolute atomic E-state index is 0.0389. The van der Waals surface area contributed by atoms with Crippen molar-refractivity contribution < 1.29 is 9.18 Å². The molecule has 3 aromatic rings. The maximum absolute atomic E-state index is 12.7. The van der Waals surface area contributed by atoms with E-state index in [0.29, 0.717) is 13.0 Å². The molecule has 4 rings (SSSR count). The molecule has 0 bridgehead atoms. The Morgan fingerprint density at radius 2 is 2.11 bits per heavy atom. The Balaban J connectivity index is 1.47. The first kappa shape index (κ1) is 19.0. The van der Waals surface area contributed by atoms with Crippen LogP contribution in [0.4, 0.5) is 4.39 Å². The van der Waals surface area contributed by atoms with Crippen molar-refractivity contribution in [1.29, 1.82) is 0 Å². The van der Waals surface area contributed by atoms with Gasteiger partial charge in [0.15, 0.2) is 5.01 Å². The van der Waals surface area contributed by atoms with E-state index in [-0.39, 0.29) is 18.4 Å². The highest BCUT2D eigenvalue weighted by atomic mass is 32.1. The lowest BCUT2D eigenvalue weighted by atomic mass is 9.90.